The third-order valence-corrected chi connectivity index (χ3v) is 3.61. The second-order valence-electron chi connectivity index (χ2n) is 4.77. The smallest absolute Gasteiger partial charge is 0.320 e. The lowest BCUT2D eigenvalue weighted by Crippen LogP contribution is -2.54. The van der Waals surface area contributed by atoms with Crippen LogP contribution < -0.4 is 0 Å². The summed E-state index contributed by atoms with van der Waals surface area (Å²) in [6.07, 6.45) is 2.41. The van der Waals surface area contributed by atoms with Gasteiger partial charge in [-0.05, 0) is 12.8 Å². The van der Waals surface area contributed by atoms with Crippen molar-refractivity contribution in [3.63, 3.8) is 0 Å². The van der Waals surface area contributed by atoms with Gasteiger partial charge >= 0.3 is 5.97 Å². The molecule has 5 nitrogen and oxygen atoms in total. The van der Waals surface area contributed by atoms with Crippen LogP contribution in [0.2, 0.25) is 0 Å². The van der Waals surface area contributed by atoms with Gasteiger partial charge in [-0.1, -0.05) is 20.3 Å². The molecule has 1 aliphatic rings. The molecule has 5 heteroatoms. The Hall–Kier alpha value is -1.12. The Labute approximate surface area is 109 Å². The zero-order valence-electron chi connectivity index (χ0n) is 11.3. The monoisotopic (exact) mass is 253 g/mol. The van der Waals surface area contributed by atoms with Crippen LogP contribution in [0.3, 0.4) is 0 Å². The first-order valence-electron chi connectivity index (χ1n) is 6.74. The number of hydrogen-bond donors (Lipinski definition) is 1. The van der Waals surface area contributed by atoms with Crippen LogP contribution >= 0.6 is 0 Å². The summed E-state index contributed by atoms with van der Waals surface area (Å²) in [6.45, 7) is 7.09. The van der Waals surface area contributed by atoms with E-state index in [9.17, 15) is 9.90 Å². The molecule has 1 rings (SSSR count). The molecule has 1 N–H and O–H groups in total. The summed E-state index contributed by atoms with van der Waals surface area (Å²) in [6, 6.07) is 1.92. The van der Waals surface area contributed by atoms with Crippen LogP contribution in [0.15, 0.2) is 0 Å². The number of nitriles is 1. The lowest BCUT2D eigenvalue weighted by atomic mass is 10.1. The van der Waals surface area contributed by atoms with Crippen molar-refractivity contribution in [2.45, 2.75) is 45.2 Å². The van der Waals surface area contributed by atoms with Gasteiger partial charge in [-0.25, -0.2) is 0 Å². The van der Waals surface area contributed by atoms with E-state index >= 15 is 0 Å². The third kappa shape index (κ3) is 3.69. The Morgan fingerprint density at radius 1 is 1.28 bits per heavy atom. The second kappa shape index (κ2) is 7.34. The van der Waals surface area contributed by atoms with Crippen molar-refractivity contribution in [1.82, 2.24) is 9.80 Å². The van der Waals surface area contributed by atoms with E-state index in [2.05, 4.69) is 11.0 Å². The minimum Gasteiger partial charge on any atom is -0.480 e. The summed E-state index contributed by atoms with van der Waals surface area (Å²) >= 11 is 0. The molecule has 1 saturated heterocycles. The molecule has 0 radical (unpaired) electrons. The summed E-state index contributed by atoms with van der Waals surface area (Å²) in [4.78, 5) is 15.4. The van der Waals surface area contributed by atoms with Gasteiger partial charge in [0.2, 0.25) is 0 Å². The van der Waals surface area contributed by atoms with Gasteiger partial charge < -0.3 is 5.11 Å². The highest BCUT2D eigenvalue weighted by Crippen LogP contribution is 2.14. The van der Waals surface area contributed by atoms with Gasteiger partial charge in [0.05, 0.1) is 12.1 Å². The predicted octanol–water partition coefficient (Wildman–Crippen LogP) is 1.16. The molecular formula is C13H23N3O2. The SMILES string of the molecule is CCCC(C(=O)O)N1CCN(C(C#N)CC)CC1. The summed E-state index contributed by atoms with van der Waals surface area (Å²) in [5.41, 5.74) is 0. The fourth-order valence-corrected chi connectivity index (χ4v) is 2.53. The van der Waals surface area contributed by atoms with Gasteiger partial charge in [-0.3, -0.25) is 14.6 Å². The molecule has 0 spiro atoms. The first-order valence-corrected chi connectivity index (χ1v) is 6.74. The molecule has 1 fully saturated rings. The minimum absolute atomic E-state index is 0.0263. The highest BCUT2D eigenvalue weighted by Gasteiger charge is 2.29. The summed E-state index contributed by atoms with van der Waals surface area (Å²) in [5, 5.41) is 18.2. The number of piperazine rings is 1. The number of carboxylic acids is 1. The van der Waals surface area contributed by atoms with Gasteiger partial charge in [-0.15, -0.1) is 0 Å². The van der Waals surface area contributed by atoms with E-state index in [0.29, 0.717) is 6.42 Å². The Bertz CT molecular complexity index is 306. The van der Waals surface area contributed by atoms with Crippen molar-refractivity contribution in [1.29, 1.82) is 5.26 Å². The van der Waals surface area contributed by atoms with Crippen LogP contribution in [0.25, 0.3) is 0 Å². The summed E-state index contributed by atoms with van der Waals surface area (Å²) in [7, 11) is 0. The molecule has 0 aliphatic carbocycles. The zero-order chi connectivity index (χ0) is 13.5. The molecule has 0 aromatic heterocycles. The van der Waals surface area contributed by atoms with E-state index in [1.54, 1.807) is 0 Å². The van der Waals surface area contributed by atoms with E-state index < -0.39 is 5.97 Å². The maximum atomic E-state index is 11.2. The van der Waals surface area contributed by atoms with Crippen molar-refractivity contribution in [3.8, 4) is 6.07 Å². The topological polar surface area (TPSA) is 67.6 Å². The maximum absolute atomic E-state index is 11.2. The normalized spacial score (nSPS) is 21.2. The van der Waals surface area contributed by atoms with E-state index in [0.717, 1.165) is 39.0 Å². The van der Waals surface area contributed by atoms with Crippen LogP contribution in [0.1, 0.15) is 33.1 Å². The molecule has 18 heavy (non-hydrogen) atoms. The van der Waals surface area contributed by atoms with Crippen molar-refractivity contribution in [3.05, 3.63) is 0 Å². The van der Waals surface area contributed by atoms with Crippen molar-refractivity contribution >= 4 is 5.97 Å². The number of carbonyl (C=O) groups is 1. The molecule has 2 unspecified atom stereocenters. The van der Waals surface area contributed by atoms with E-state index in [1.807, 2.05) is 18.7 Å². The van der Waals surface area contributed by atoms with Crippen LogP contribution in [0, 0.1) is 11.3 Å². The van der Waals surface area contributed by atoms with Crippen LogP contribution in [-0.2, 0) is 4.79 Å². The van der Waals surface area contributed by atoms with Crippen molar-refractivity contribution < 1.29 is 9.90 Å². The fraction of sp³-hybridized carbons (Fsp3) is 0.846. The zero-order valence-corrected chi connectivity index (χ0v) is 11.3. The lowest BCUT2D eigenvalue weighted by molar-refractivity contribution is -0.144. The molecule has 1 heterocycles. The molecule has 102 valence electrons. The molecule has 0 aromatic carbocycles. The second-order valence-corrected chi connectivity index (χ2v) is 4.77. The number of carboxylic acid groups (broad SMARTS) is 1. The summed E-state index contributed by atoms with van der Waals surface area (Å²) in [5.74, 6) is -0.724. The van der Waals surface area contributed by atoms with E-state index in [1.165, 1.54) is 0 Å². The Kier molecular flexibility index (Phi) is 6.10. The van der Waals surface area contributed by atoms with Gasteiger partial charge in [0.25, 0.3) is 0 Å². The number of rotatable bonds is 6. The van der Waals surface area contributed by atoms with Gasteiger partial charge in [0.15, 0.2) is 0 Å². The average molecular weight is 253 g/mol. The predicted molar refractivity (Wildman–Crippen MR) is 69.2 cm³/mol. The van der Waals surface area contributed by atoms with E-state index in [4.69, 9.17) is 5.26 Å². The first kappa shape index (κ1) is 14.9. The maximum Gasteiger partial charge on any atom is 0.320 e. The molecule has 0 saturated carbocycles. The largest absolute Gasteiger partial charge is 0.480 e. The Balaban J connectivity index is 2.52. The van der Waals surface area contributed by atoms with Crippen LogP contribution in [-0.4, -0.2) is 59.1 Å². The van der Waals surface area contributed by atoms with Crippen LogP contribution in [0.4, 0.5) is 0 Å². The standard InChI is InChI=1S/C13H23N3O2/c1-3-5-12(13(17)18)16-8-6-15(7-9-16)11(4-2)10-14/h11-12H,3-9H2,1-2H3,(H,17,18). The van der Waals surface area contributed by atoms with Crippen molar-refractivity contribution in [2.24, 2.45) is 0 Å². The Morgan fingerprint density at radius 2 is 1.83 bits per heavy atom. The highest BCUT2D eigenvalue weighted by molar-refractivity contribution is 5.73. The number of nitrogens with zero attached hydrogens (tertiary/aromatic N) is 3. The van der Waals surface area contributed by atoms with Gasteiger partial charge in [-0.2, -0.15) is 5.26 Å². The fourth-order valence-electron chi connectivity index (χ4n) is 2.53. The van der Waals surface area contributed by atoms with Crippen LogP contribution in [0.5, 0.6) is 0 Å². The number of aliphatic carboxylic acids is 1. The van der Waals surface area contributed by atoms with E-state index in [-0.39, 0.29) is 12.1 Å². The Morgan fingerprint density at radius 3 is 2.22 bits per heavy atom. The van der Waals surface area contributed by atoms with Gasteiger partial charge in [0, 0.05) is 26.2 Å². The third-order valence-electron chi connectivity index (χ3n) is 3.61. The average Bonchev–Trinajstić information content (AvgIpc) is 2.38. The molecule has 0 bridgehead atoms. The minimum atomic E-state index is -0.724. The molecule has 0 amide bonds. The first-order chi connectivity index (χ1) is 8.63. The quantitative estimate of drug-likeness (QED) is 0.769. The molecule has 2 atom stereocenters. The van der Waals surface area contributed by atoms with Gasteiger partial charge in [0.1, 0.15) is 6.04 Å². The molecule has 1 aliphatic heterocycles. The summed E-state index contributed by atoms with van der Waals surface area (Å²) < 4.78 is 0. The highest BCUT2D eigenvalue weighted by atomic mass is 16.4. The number of hydrogen-bond acceptors (Lipinski definition) is 4. The molecule has 0 aromatic rings. The molecular weight excluding hydrogens is 230 g/mol. The lowest BCUT2D eigenvalue weighted by Gasteiger charge is -2.39. The van der Waals surface area contributed by atoms with Crippen molar-refractivity contribution in [2.75, 3.05) is 26.2 Å².